The quantitative estimate of drug-likeness (QED) is 0.130. The second-order valence-corrected chi connectivity index (χ2v) is 13.8. The van der Waals surface area contributed by atoms with Crippen molar-refractivity contribution in [1.29, 1.82) is 0 Å². The highest BCUT2D eigenvalue weighted by molar-refractivity contribution is 5.86. The molecule has 12 heteroatoms. The maximum absolute atomic E-state index is 14.7. The Bertz CT molecular complexity index is 937. The summed E-state index contributed by atoms with van der Waals surface area (Å²) in [6.45, 7) is 15.2. The minimum atomic E-state index is -5.49. The van der Waals surface area contributed by atoms with Gasteiger partial charge in [-0.15, -0.1) is 0 Å². The Morgan fingerprint density at radius 2 is 1.21 bits per heavy atom. The van der Waals surface area contributed by atoms with Gasteiger partial charge in [-0.05, 0) is 105 Å². The molecule has 0 amide bonds. The molecule has 0 radical (unpaired) electrons. The van der Waals surface area contributed by atoms with Gasteiger partial charge in [0.1, 0.15) is 6.10 Å². The average molecular weight is 631 g/mol. The Hall–Kier alpha value is -1.82. The van der Waals surface area contributed by atoms with Crippen LogP contribution in [0.4, 0.5) is 26.3 Å². The van der Waals surface area contributed by atoms with Crippen LogP contribution in [0.25, 0.3) is 0 Å². The maximum atomic E-state index is 14.7. The Balaban J connectivity index is 2.05. The summed E-state index contributed by atoms with van der Waals surface area (Å²) in [5, 5.41) is 0. The molecule has 0 aliphatic heterocycles. The number of esters is 2. The lowest BCUT2D eigenvalue weighted by molar-refractivity contribution is -0.383. The first-order chi connectivity index (χ1) is 19.5. The van der Waals surface area contributed by atoms with E-state index in [1.165, 1.54) is 20.8 Å². The van der Waals surface area contributed by atoms with Crippen LogP contribution in [-0.2, 0) is 28.5 Å². The SMILES string of the molecule is C=C(C)C(=O)OCC(C)COC(C)(C)C(=O)OC1CCC(C(C2CCC(OC(C)(C)C)CC2)(C(F)(F)F)C(F)(F)F)CC1. The number of alkyl halides is 6. The van der Waals surface area contributed by atoms with Crippen LogP contribution in [0.1, 0.15) is 99.8 Å². The van der Waals surface area contributed by atoms with E-state index in [1.54, 1.807) is 27.7 Å². The van der Waals surface area contributed by atoms with Gasteiger partial charge in [-0.2, -0.15) is 26.3 Å². The standard InChI is InChI=1S/C31H48F6O6/c1-19(2)25(38)40-17-20(3)18-41-28(7,8)26(39)42-23-13-9-21(10-14-23)29(30(32,33)34,31(35,36)37)22-11-15-24(16-12-22)43-27(4,5)6/h20-24H,1,9-18H2,2-8H3. The number of hydrogen-bond acceptors (Lipinski definition) is 6. The summed E-state index contributed by atoms with van der Waals surface area (Å²) in [6.07, 6.45) is -13.4. The topological polar surface area (TPSA) is 71.1 Å². The van der Waals surface area contributed by atoms with Crippen LogP contribution in [-0.4, -0.2) is 60.9 Å². The van der Waals surface area contributed by atoms with Crippen LogP contribution in [0.5, 0.6) is 0 Å². The molecular formula is C31H48F6O6. The van der Waals surface area contributed by atoms with E-state index in [0.717, 1.165) is 0 Å². The summed E-state index contributed by atoms with van der Waals surface area (Å²) in [4.78, 5) is 24.4. The molecular weight excluding hydrogens is 582 g/mol. The largest absolute Gasteiger partial charge is 0.462 e. The molecule has 2 aliphatic carbocycles. The van der Waals surface area contributed by atoms with E-state index in [1.807, 2.05) is 0 Å². The minimum absolute atomic E-state index is 0.0340. The van der Waals surface area contributed by atoms with Gasteiger partial charge in [0.05, 0.1) is 24.9 Å². The first-order valence-electron chi connectivity index (χ1n) is 15.0. The lowest BCUT2D eigenvalue weighted by atomic mass is 9.57. The molecule has 6 nitrogen and oxygen atoms in total. The van der Waals surface area contributed by atoms with Crippen molar-refractivity contribution in [3.63, 3.8) is 0 Å². The summed E-state index contributed by atoms with van der Waals surface area (Å²) in [7, 11) is 0. The number of ether oxygens (including phenoxy) is 4. The van der Waals surface area contributed by atoms with E-state index in [4.69, 9.17) is 18.9 Å². The molecule has 0 aromatic heterocycles. The van der Waals surface area contributed by atoms with Crippen molar-refractivity contribution < 1.29 is 54.9 Å². The zero-order valence-corrected chi connectivity index (χ0v) is 26.4. The van der Waals surface area contributed by atoms with Gasteiger partial charge in [0.15, 0.2) is 11.0 Å². The second kappa shape index (κ2) is 14.1. The van der Waals surface area contributed by atoms with Gasteiger partial charge in [0.2, 0.25) is 0 Å². The third-order valence-electron chi connectivity index (χ3n) is 8.44. The molecule has 1 unspecified atom stereocenters. The Morgan fingerprint density at radius 3 is 1.60 bits per heavy atom. The smallest absolute Gasteiger partial charge is 0.403 e. The molecule has 0 spiro atoms. The Morgan fingerprint density at radius 1 is 0.767 bits per heavy atom. The van der Waals surface area contributed by atoms with Crippen molar-refractivity contribution in [3.8, 4) is 0 Å². The highest BCUT2D eigenvalue weighted by Crippen LogP contribution is 2.65. The lowest BCUT2D eigenvalue weighted by Crippen LogP contribution is -2.61. The molecule has 2 saturated carbocycles. The van der Waals surface area contributed by atoms with Crippen molar-refractivity contribution in [2.45, 2.75) is 136 Å². The molecule has 2 rings (SSSR count). The van der Waals surface area contributed by atoms with Crippen molar-refractivity contribution in [2.75, 3.05) is 13.2 Å². The molecule has 0 aromatic carbocycles. The molecule has 1 atom stereocenters. The fraction of sp³-hybridized carbons (Fsp3) is 0.871. The van der Waals surface area contributed by atoms with E-state index in [9.17, 15) is 35.9 Å². The summed E-state index contributed by atoms with van der Waals surface area (Å²) in [6, 6.07) is 0. The van der Waals surface area contributed by atoms with Gasteiger partial charge in [-0.1, -0.05) is 13.5 Å². The summed E-state index contributed by atoms with van der Waals surface area (Å²) >= 11 is 0. The molecule has 43 heavy (non-hydrogen) atoms. The third kappa shape index (κ3) is 9.58. The van der Waals surface area contributed by atoms with Gasteiger partial charge < -0.3 is 18.9 Å². The summed E-state index contributed by atoms with van der Waals surface area (Å²) < 4.78 is 110. The highest BCUT2D eigenvalue weighted by Gasteiger charge is 2.76. The van der Waals surface area contributed by atoms with Crippen molar-refractivity contribution >= 4 is 11.9 Å². The van der Waals surface area contributed by atoms with Crippen molar-refractivity contribution in [2.24, 2.45) is 23.2 Å². The van der Waals surface area contributed by atoms with E-state index in [2.05, 4.69) is 6.58 Å². The van der Waals surface area contributed by atoms with Gasteiger partial charge in [0, 0.05) is 11.5 Å². The van der Waals surface area contributed by atoms with Gasteiger partial charge in [0.25, 0.3) is 0 Å². The number of halogens is 6. The predicted octanol–water partition coefficient (Wildman–Crippen LogP) is 8.12. The van der Waals surface area contributed by atoms with Gasteiger partial charge in [-0.3, -0.25) is 0 Å². The molecule has 0 aromatic rings. The molecule has 0 heterocycles. The maximum Gasteiger partial charge on any atom is 0.403 e. The van der Waals surface area contributed by atoms with Crippen molar-refractivity contribution in [1.82, 2.24) is 0 Å². The van der Waals surface area contributed by atoms with E-state index in [0.29, 0.717) is 0 Å². The Labute approximate surface area is 251 Å². The predicted molar refractivity (Wildman–Crippen MR) is 148 cm³/mol. The molecule has 2 aliphatic rings. The second-order valence-electron chi connectivity index (χ2n) is 13.8. The Kier molecular flexibility index (Phi) is 12.2. The van der Waals surface area contributed by atoms with Crippen LogP contribution in [0.3, 0.4) is 0 Å². The normalized spacial score (nSPS) is 25.1. The van der Waals surface area contributed by atoms with Crippen LogP contribution >= 0.6 is 0 Å². The average Bonchev–Trinajstić information content (AvgIpc) is 2.85. The van der Waals surface area contributed by atoms with Gasteiger partial charge in [-0.25, -0.2) is 9.59 Å². The zero-order chi connectivity index (χ0) is 33.0. The fourth-order valence-corrected chi connectivity index (χ4v) is 6.28. The van der Waals surface area contributed by atoms with Crippen LogP contribution in [0.2, 0.25) is 0 Å². The number of hydrogen-bond donors (Lipinski definition) is 0. The molecule has 0 bridgehead atoms. The summed E-state index contributed by atoms with van der Waals surface area (Å²) in [5.41, 5.74) is -5.57. The van der Waals surface area contributed by atoms with Crippen LogP contribution < -0.4 is 0 Å². The number of rotatable bonds is 11. The van der Waals surface area contributed by atoms with Crippen molar-refractivity contribution in [3.05, 3.63) is 12.2 Å². The monoisotopic (exact) mass is 630 g/mol. The molecule has 0 saturated heterocycles. The van der Waals surface area contributed by atoms with E-state index < -0.39 is 58.8 Å². The first kappa shape index (κ1) is 37.4. The van der Waals surface area contributed by atoms with Crippen LogP contribution in [0.15, 0.2) is 12.2 Å². The zero-order valence-electron chi connectivity index (χ0n) is 26.4. The minimum Gasteiger partial charge on any atom is -0.462 e. The first-order valence-corrected chi connectivity index (χ1v) is 15.0. The summed E-state index contributed by atoms with van der Waals surface area (Å²) in [5.74, 6) is -4.88. The molecule has 250 valence electrons. The molecule has 2 fully saturated rings. The number of carbonyl (C=O) groups is 2. The third-order valence-corrected chi connectivity index (χ3v) is 8.44. The van der Waals surface area contributed by atoms with E-state index in [-0.39, 0.29) is 82.2 Å². The molecule has 0 N–H and O–H groups in total. The van der Waals surface area contributed by atoms with Gasteiger partial charge >= 0.3 is 24.3 Å². The number of carbonyl (C=O) groups excluding carboxylic acids is 2. The van der Waals surface area contributed by atoms with Crippen LogP contribution in [0, 0.1) is 23.2 Å². The fourth-order valence-electron chi connectivity index (χ4n) is 6.28. The lowest BCUT2D eigenvalue weighted by Gasteiger charge is -2.51. The van der Waals surface area contributed by atoms with E-state index >= 15 is 0 Å². The highest BCUT2D eigenvalue weighted by atomic mass is 19.4.